The number of aliphatic hydroxyl groups excluding tert-OH is 3. The van der Waals surface area contributed by atoms with Crippen molar-refractivity contribution in [1.29, 1.82) is 0 Å². The molecule has 9 heteroatoms. The average molecular weight is 396 g/mol. The van der Waals surface area contributed by atoms with Gasteiger partial charge in [-0.2, -0.15) is 0 Å². The van der Waals surface area contributed by atoms with Gasteiger partial charge in [0.15, 0.2) is 0 Å². The Morgan fingerprint density at radius 3 is 1.84 bits per heavy atom. The molecule has 0 aliphatic heterocycles. The third kappa shape index (κ3) is 10.5. The van der Waals surface area contributed by atoms with Crippen LogP contribution in [0.2, 0.25) is 10.2 Å². The SMILES string of the molecule is CC(O)CC(CC(C)O)CC(C)O.Nc1cc(Cl)nc(C(=O)[O-])c1Cl. The van der Waals surface area contributed by atoms with Gasteiger partial charge in [0.1, 0.15) is 10.8 Å². The van der Waals surface area contributed by atoms with Gasteiger partial charge in [-0.1, -0.05) is 23.2 Å². The van der Waals surface area contributed by atoms with Crippen LogP contribution in [0, 0.1) is 5.92 Å². The minimum Gasteiger partial charge on any atom is -0.543 e. The van der Waals surface area contributed by atoms with E-state index in [-0.39, 0.29) is 40.1 Å². The molecule has 0 saturated heterocycles. The van der Waals surface area contributed by atoms with Crippen molar-refractivity contribution >= 4 is 34.9 Å². The van der Waals surface area contributed by atoms with E-state index >= 15 is 0 Å². The summed E-state index contributed by atoms with van der Waals surface area (Å²) in [6.07, 6.45) is 0.869. The summed E-state index contributed by atoms with van der Waals surface area (Å²) in [7, 11) is 0. The fourth-order valence-corrected chi connectivity index (χ4v) is 2.76. The van der Waals surface area contributed by atoms with Crippen molar-refractivity contribution in [3.8, 4) is 0 Å². The minimum absolute atomic E-state index is 0.0314. The van der Waals surface area contributed by atoms with E-state index in [2.05, 4.69) is 4.98 Å². The number of anilines is 1. The quantitative estimate of drug-likeness (QED) is 0.509. The van der Waals surface area contributed by atoms with Crippen molar-refractivity contribution in [3.63, 3.8) is 0 Å². The molecule has 5 N–H and O–H groups in total. The normalized spacial score (nSPS) is 15.5. The number of pyridine rings is 1. The third-order valence-corrected chi connectivity index (χ3v) is 3.76. The lowest BCUT2D eigenvalue weighted by molar-refractivity contribution is -0.255. The molecule has 3 unspecified atom stereocenters. The predicted molar refractivity (Wildman–Crippen MR) is 95.4 cm³/mol. The molecular formula is C16H25Cl2N2O5-. The maximum absolute atomic E-state index is 10.4. The molecule has 144 valence electrons. The smallest absolute Gasteiger partial charge is 0.131 e. The van der Waals surface area contributed by atoms with E-state index in [1.165, 1.54) is 6.07 Å². The number of halogens is 2. The second-order valence-corrected chi connectivity index (χ2v) is 6.87. The number of aliphatic hydroxyl groups is 3. The van der Waals surface area contributed by atoms with E-state index in [9.17, 15) is 25.2 Å². The molecule has 0 amide bonds. The Morgan fingerprint density at radius 2 is 1.52 bits per heavy atom. The second kappa shape index (κ2) is 11.5. The predicted octanol–water partition coefficient (Wildman–Crippen LogP) is 1.25. The number of rotatable bonds is 7. The van der Waals surface area contributed by atoms with Crippen LogP contribution in [0.15, 0.2) is 6.07 Å². The van der Waals surface area contributed by atoms with E-state index in [1.807, 2.05) is 0 Å². The second-order valence-electron chi connectivity index (χ2n) is 6.10. The summed E-state index contributed by atoms with van der Waals surface area (Å²) >= 11 is 10.9. The first-order valence-electron chi connectivity index (χ1n) is 7.81. The molecule has 25 heavy (non-hydrogen) atoms. The summed E-state index contributed by atoms with van der Waals surface area (Å²) in [6.45, 7) is 5.20. The summed E-state index contributed by atoms with van der Waals surface area (Å²) in [5.41, 5.74) is 4.93. The lowest BCUT2D eigenvalue weighted by atomic mass is 9.91. The highest BCUT2D eigenvalue weighted by atomic mass is 35.5. The Hall–Kier alpha value is -1.12. The number of nitrogens with zero attached hydrogens (tertiary/aromatic N) is 1. The minimum atomic E-state index is -1.51. The van der Waals surface area contributed by atoms with Gasteiger partial charge >= 0.3 is 0 Å². The van der Waals surface area contributed by atoms with Crippen LogP contribution in [-0.2, 0) is 0 Å². The lowest BCUT2D eigenvalue weighted by Crippen LogP contribution is -2.24. The van der Waals surface area contributed by atoms with Gasteiger partial charge in [-0.25, -0.2) is 4.98 Å². The molecule has 1 rings (SSSR count). The van der Waals surface area contributed by atoms with Gasteiger partial charge in [0.05, 0.1) is 35.0 Å². The van der Waals surface area contributed by atoms with Crippen molar-refractivity contribution < 1.29 is 25.2 Å². The molecule has 0 aromatic carbocycles. The third-order valence-electron chi connectivity index (χ3n) is 3.17. The summed E-state index contributed by atoms with van der Waals surface area (Å²) in [4.78, 5) is 13.8. The molecule has 1 heterocycles. The first-order valence-corrected chi connectivity index (χ1v) is 8.56. The number of carboxylic acids is 1. The van der Waals surface area contributed by atoms with Gasteiger partial charge in [0, 0.05) is 0 Å². The van der Waals surface area contributed by atoms with Gasteiger partial charge < -0.3 is 31.0 Å². The van der Waals surface area contributed by atoms with E-state index in [0.717, 1.165) is 0 Å². The molecule has 0 aliphatic carbocycles. The van der Waals surface area contributed by atoms with Crippen molar-refractivity contribution in [3.05, 3.63) is 21.9 Å². The first kappa shape index (κ1) is 23.9. The molecular weight excluding hydrogens is 371 g/mol. The molecule has 0 spiro atoms. The molecule has 0 bridgehead atoms. The van der Waals surface area contributed by atoms with Crippen molar-refractivity contribution in [2.45, 2.75) is 58.3 Å². The summed E-state index contributed by atoms with van der Waals surface area (Å²) in [6, 6.07) is 1.26. The summed E-state index contributed by atoms with van der Waals surface area (Å²) < 4.78 is 0. The van der Waals surface area contributed by atoms with Gasteiger partial charge in [-0.15, -0.1) is 0 Å². The van der Waals surface area contributed by atoms with Crippen LogP contribution in [0.1, 0.15) is 50.5 Å². The van der Waals surface area contributed by atoms with Crippen LogP contribution < -0.4 is 10.8 Å². The van der Waals surface area contributed by atoms with Crippen LogP contribution in [0.3, 0.4) is 0 Å². The zero-order valence-corrected chi connectivity index (χ0v) is 16.0. The molecule has 1 aromatic rings. The molecule has 7 nitrogen and oxygen atoms in total. The van der Waals surface area contributed by atoms with Crippen molar-refractivity contribution in [1.82, 2.24) is 4.98 Å². The number of carbonyl (C=O) groups excluding carboxylic acids is 1. The Balaban J connectivity index is 0.000000462. The Labute approximate surface area is 157 Å². The first-order chi connectivity index (χ1) is 11.4. The number of aromatic nitrogens is 1. The Kier molecular flexibility index (Phi) is 11.0. The van der Waals surface area contributed by atoms with E-state index < -0.39 is 11.7 Å². The highest BCUT2D eigenvalue weighted by Crippen LogP contribution is 2.24. The number of nitrogen functional groups attached to an aromatic ring is 1. The molecule has 0 fully saturated rings. The van der Waals surface area contributed by atoms with E-state index in [1.54, 1.807) is 20.8 Å². The highest BCUT2D eigenvalue weighted by molar-refractivity contribution is 6.36. The fourth-order valence-electron chi connectivity index (χ4n) is 2.39. The highest BCUT2D eigenvalue weighted by Gasteiger charge is 2.16. The number of hydrogen-bond donors (Lipinski definition) is 4. The van der Waals surface area contributed by atoms with Gasteiger partial charge in [0.2, 0.25) is 0 Å². The van der Waals surface area contributed by atoms with Gasteiger partial charge in [-0.3, -0.25) is 0 Å². The van der Waals surface area contributed by atoms with Crippen LogP contribution in [0.5, 0.6) is 0 Å². The van der Waals surface area contributed by atoms with Crippen LogP contribution >= 0.6 is 23.2 Å². The van der Waals surface area contributed by atoms with Crippen molar-refractivity contribution in [2.24, 2.45) is 5.92 Å². The van der Waals surface area contributed by atoms with Crippen LogP contribution in [-0.4, -0.2) is 44.6 Å². The molecule has 1 aromatic heterocycles. The Morgan fingerprint density at radius 1 is 1.12 bits per heavy atom. The largest absolute Gasteiger partial charge is 0.543 e. The number of nitrogens with two attached hydrogens (primary N) is 1. The molecule has 0 aliphatic rings. The van der Waals surface area contributed by atoms with Crippen molar-refractivity contribution in [2.75, 3.05) is 5.73 Å². The Bertz CT molecular complexity index is 530. The number of carboxylic acid groups (broad SMARTS) is 1. The zero-order chi connectivity index (χ0) is 19.7. The van der Waals surface area contributed by atoms with Gasteiger partial charge in [-0.05, 0) is 52.0 Å². The lowest BCUT2D eigenvalue weighted by Gasteiger charge is -2.21. The van der Waals surface area contributed by atoms with Crippen LogP contribution in [0.4, 0.5) is 5.69 Å². The summed E-state index contributed by atoms with van der Waals surface area (Å²) in [5.74, 6) is -1.30. The fraction of sp³-hybridized carbons (Fsp3) is 0.625. The van der Waals surface area contributed by atoms with Crippen LogP contribution in [0.25, 0.3) is 0 Å². The molecule has 0 saturated carbocycles. The maximum Gasteiger partial charge on any atom is 0.131 e. The monoisotopic (exact) mass is 395 g/mol. The zero-order valence-electron chi connectivity index (χ0n) is 14.4. The topological polar surface area (TPSA) is 140 Å². The number of carbonyl (C=O) groups is 1. The standard InChI is InChI=1S/C10H22O3.C6H4Cl2N2O2/c1-7(11)4-10(5-8(2)12)6-9(3)13;7-3-1-2(9)4(8)5(10-3)6(11)12/h7-13H,4-6H2,1-3H3;1H,(H2,9,10)(H,11,12)/p-1. The van der Waals surface area contributed by atoms with E-state index in [4.69, 9.17) is 28.9 Å². The van der Waals surface area contributed by atoms with Gasteiger partial charge in [0.25, 0.3) is 0 Å². The maximum atomic E-state index is 10.4. The van der Waals surface area contributed by atoms with E-state index in [0.29, 0.717) is 19.3 Å². The molecule has 0 radical (unpaired) electrons. The number of hydrogen-bond acceptors (Lipinski definition) is 7. The molecule has 3 atom stereocenters. The number of aromatic carboxylic acids is 1. The summed E-state index contributed by atoms with van der Waals surface area (Å²) in [5, 5.41) is 37.7. The average Bonchev–Trinajstić information content (AvgIpc) is 2.40.